The maximum Gasteiger partial charge on any atom is 0.241 e. The molecule has 0 amide bonds. The maximum atomic E-state index is 12.4. The third-order valence-corrected chi connectivity index (χ3v) is 4.93. The van der Waals surface area contributed by atoms with Gasteiger partial charge in [-0.25, -0.2) is 13.1 Å². The molecule has 0 aliphatic heterocycles. The Kier molecular flexibility index (Phi) is 4.76. The van der Waals surface area contributed by atoms with Gasteiger partial charge in [0.2, 0.25) is 10.0 Å². The summed E-state index contributed by atoms with van der Waals surface area (Å²) < 4.78 is 27.5. The van der Waals surface area contributed by atoms with Crippen LogP contribution in [0.25, 0.3) is 0 Å². The van der Waals surface area contributed by atoms with Crippen molar-refractivity contribution in [1.29, 1.82) is 0 Å². The van der Waals surface area contributed by atoms with Gasteiger partial charge in [0.25, 0.3) is 0 Å². The molecular formula is C14H20N4O2S. The van der Waals surface area contributed by atoms with Gasteiger partial charge in [0, 0.05) is 23.8 Å². The lowest BCUT2D eigenvalue weighted by Crippen LogP contribution is -2.27. The van der Waals surface area contributed by atoms with E-state index < -0.39 is 10.0 Å². The molecule has 0 bridgehead atoms. The first kappa shape index (κ1) is 15.7. The third-order valence-electron chi connectivity index (χ3n) is 3.39. The van der Waals surface area contributed by atoms with Crippen LogP contribution in [0, 0.1) is 0 Å². The molecule has 4 N–H and O–H groups in total. The zero-order chi connectivity index (χ0) is 15.5. The van der Waals surface area contributed by atoms with E-state index in [0.717, 1.165) is 17.5 Å². The zero-order valence-corrected chi connectivity index (χ0v) is 12.9. The number of hydrogen-bond acceptors (Lipinski definition) is 4. The van der Waals surface area contributed by atoms with Crippen LogP contribution in [0.1, 0.15) is 43.5 Å². The summed E-state index contributed by atoms with van der Waals surface area (Å²) in [4.78, 5) is 0.222. The van der Waals surface area contributed by atoms with E-state index in [1.54, 1.807) is 37.5 Å². The molecule has 0 aliphatic carbocycles. The number of nitrogens with one attached hydrogen (secondary N) is 2. The van der Waals surface area contributed by atoms with E-state index in [1.165, 1.54) is 0 Å². The lowest BCUT2D eigenvalue weighted by Gasteiger charge is -2.15. The fraction of sp³-hybridized carbons (Fsp3) is 0.357. The molecular weight excluding hydrogens is 288 g/mol. The number of aromatic nitrogens is 2. The Hall–Kier alpha value is -1.70. The van der Waals surface area contributed by atoms with Crippen LogP contribution in [0.15, 0.2) is 41.6 Å². The van der Waals surface area contributed by atoms with E-state index >= 15 is 0 Å². The SMILES string of the molecule is CCC(N)c1cccc(S(=O)(=O)NC(C)c2cn[nH]c2)c1. The van der Waals surface area contributed by atoms with Crippen LogP contribution >= 0.6 is 0 Å². The molecule has 2 rings (SSSR count). The number of benzene rings is 1. The van der Waals surface area contributed by atoms with Gasteiger partial charge < -0.3 is 5.73 Å². The molecule has 21 heavy (non-hydrogen) atoms. The van der Waals surface area contributed by atoms with Crippen LogP contribution in [-0.4, -0.2) is 18.6 Å². The highest BCUT2D eigenvalue weighted by Crippen LogP contribution is 2.20. The van der Waals surface area contributed by atoms with Crippen LogP contribution in [0.4, 0.5) is 0 Å². The maximum absolute atomic E-state index is 12.4. The van der Waals surface area contributed by atoms with Crippen LogP contribution in [0.3, 0.4) is 0 Å². The molecule has 2 aromatic rings. The fourth-order valence-corrected chi connectivity index (χ4v) is 3.30. The quantitative estimate of drug-likeness (QED) is 0.758. The van der Waals surface area contributed by atoms with Gasteiger partial charge in [-0.2, -0.15) is 5.10 Å². The third kappa shape index (κ3) is 3.69. The minimum atomic E-state index is -3.60. The van der Waals surface area contributed by atoms with E-state index in [1.807, 2.05) is 13.0 Å². The molecule has 114 valence electrons. The molecule has 0 saturated carbocycles. The molecule has 2 atom stereocenters. The summed E-state index contributed by atoms with van der Waals surface area (Å²) in [6.07, 6.45) is 4.01. The van der Waals surface area contributed by atoms with Crippen molar-refractivity contribution in [2.24, 2.45) is 5.73 Å². The first-order chi connectivity index (χ1) is 9.94. The topological polar surface area (TPSA) is 101 Å². The number of hydrogen-bond donors (Lipinski definition) is 3. The average molecular weight is 308 g/mol. The minimum absolute atomic E-state index is 0.161. The lowest BCUT2D eigenvalue weighted by atomic mass is 10.1. The van der Waals surface area contributed by atoms with Gasteiger partial charge in [0.15, 0.2) is 0 Å². The van der Waals surface area contributed by atoms with Gasteiger partial charge in [-0.1, -0.05) is 19.1 Å². The number of aromatic amines is 1. The Morgan fingerprint density at radius 2 is 2.14 bits per heavy atom. The highest BCUT2D eigenvalue weighted by molar-refractivity contribution is 7.89. The first-order valence-corrected chi connectivity index (χ1v) is 8.29. The normalized spacial score (nSPS) is 14.8. The van der Waals surface area contributed by atoms with Crippen molar-refractivity contribution in [3.8, 4) is 0 Å². The van der Waals surface area contributed by atoms with E-state index in [0.29, 0.717) is 0 Å². The van der Waals surface area contributed by atoms with Crippen LogP contribution < -0.4 is 10.5 Å². The zero-order valence-electron chi connectivity index (χ0n) is 12.1. The van der Waals surface area contributed by atoms with Crippen molar-refractivity contribution in [1.82, 2.24) is 14.9 Å². The number of rotatable bonds is 6. The Morgan fingerprint density at radius 1 is 1.38 bits per heavy atom. The number of sulfonamides is 1. The van der Waals surface area contributed by atoms with Crippen LogP contribution in [-0.2, 0) is 10.0 Å². The Labute approximate surface area is 124 Å². The van der Waals surface area contributed by atoms with E-state index in [2.05, 4.69) is 14.9 Å². The number of H-pyrrole nitrogens is 1. The summed E-state index contributed by atoms with van der Waals surface area (Å²) in [5.41, 5.74) is 7.55. The Morgan fingerprint density at radius 3 is 2.76 bits per heavy atom. The van der Waals surface area contributed by atoms with Gasteiger partial charge >= 0.3 is 0 Å². The second-order valence-corrected chi connectivity index (χ2v) is 6.68. The number of nitrogens with zero attached hydrogens (tertiary/aromatic N) is 1. The van der Waals surface area contributed by atoms with Gasteiger partial charge in [-0.05, 0) is 31.0 Å². The average Bonchev–Trinajstić information content (AvgIpc) is 3.00. The molecule has 7 heteroatoms. The molecule has 0 radical (unpaired) electrons. The smallest absolute Gasteiger partial charge is 0.241 e. The molecule has 0 fully saturated rings. The minimum Gasteiger partial charge on any atom is -0.324 e. The van der Waals surface area contributed by atoms with Crippen molar-refractivity contribution in [3.63, 3.8) is 0 Å². The summed E-state index contributed by atoms with van der Waals surface area (Å²) in [5, 5.41) is 6.48. The fourth-order valence-electron chi connectivity index (χ4n) is 2.01. The summed E-state index contributed by atoms with van der Waals surface area (Å²) >= 11 is 0. The Bertz CT molecular complexity index is 683. The molecule has 2 unspecified atom stereocenters. The highest BCUT2D eigenvalue weighted by atomic mass is 32.2. The van der Waals surface area contributed by atoms with Crippen LogP contribution in [0.5, 0.6) is 0 Å². The van der Waals surface area contributed by atoms with E-state index in [4.69, 9.17) is 5.73 Å². The van der Waals surface area contributed by atoms with E-state index in [9.17, 15) is 8.42 Å². The van der Waals surface area contributed by atoms with Crippen molar-refractivity contribution < 1.29 is 8.42 Å². The standard InChI is InChI=1S/C14H20N4O2S/c1-3-14(15)11-5-4-6-13(7-11)21(19,20)18-10(2)12-8-16-17-9-12/h4-10,14,18H,3,15H2,1-2H3,(H,16,17). The largest absolute Gasteiger partial charge is 0.324 e. The summed E-state index contributed by atoms with van der Waals surface area (Å²) in [6, 6.07) is 6.22. The van der Waals surface area contributed by atoms with Gasteiger partial charge in [-0.3, -0.25) is 5.10 Å². The molecule has 1 aromatic carbocycles. The molecule has 0 aliphatic rings. The van der Waals surface area contributed by atoms with Crippen molar-refractivity contribution in [2.75, 3.05) is 0 Å². The molecule has 0 spiro atoms. The van der Waals surface area contributed by atoms with Crippen molar-refractivity contribution >= 4 is 10.0 Å². The van der Waals surface area contributed by atoms with Gasteiger partial charge in [0.1, 0.15) is 0 Å². The highest BCUT2D eigenvalue weighted by Gasteiger charge is 2.19. The van der Waals surface area contributed by atoms with E-state index in [-0.39, 0.29) is 17.0 Å². The predicted octanol–water partition coefficient (Wildman–Crippen LogP) is 1.86. The van der Waals surface area contributed by atoms with Crippen molar-refractivity contribution in [2.45, 2.75) is 37.2 Å². The molecule has 6 nitrogen and oxygen atoms in total. The monoisotopic (exact) mass is 308 g/mol. The van der Waals surface area contributed by atoms with Crippen molar-refractivity contribution in [3.05, 3.63) is 47.8 Å². The van der Waals surface area contributed by atoms with Gasteiger partial charge in [0.05, 0.1) is 11.1 Å². The second-order valence-electron chi connectivity index (χ2n) is 4.96. The molecule has 1 heterocycles. The lowest BCUT2D eigenvalue weighted by molar-refractivity contribution is 0.566. The van der Waals surface area contributed by atoms with Crippen LogP contribution in [0.2, 0.25) is 0 Å². The summed E-state index contributed by atoms with van der Waals surface area (Å²) in [6.45, 7) is 3.73. The number of nitrogens with two attached hydrogens (primary N) is 1. The Balaban J connectivity index is 2.23. The molecule has 1 aromatic heterocycles. The first-order valence-electron chi connectivity index (χ1n) is 6.80. The summed E-state index contributed by atoms with van der Waals surface area (Å²) in [5.74, 6) is 0. The van der Waals surface area contributed by atoms with Gasteiger partial charge in [-0.15, -0.1) is 0 Å². The summed E-state index contributed by atoms with van der Waals surface area (Å²) in [7, 11) is -3.60. The predicted molar refractivity (Wildman–Crippen MR) is 81.0 cm³/mol. The second kappa shape index (κ2) is 6.38. The molecule has 0 saturated heterocycles.